The number of carbonyl (C=O) groups excluding carboxylic acids is 1. The van der Waals surface area contributed by atoms with E-state index in [2.05, 4.69) is 11.9 Å². The third kappa shape index (κ3) is 5.77. The van der Waals surface area contributed by atoms with Gasteiger partial charge in [-0.15, -0.1) is 11.8 Å². The highest BCUT2D eigenvalue weighted by molar-refractivity contribution is 7.98. The molecule has 0 bridgehead atoms. The Morgan fingerprint density at radius 1 is 1.09 bits per heavy atom. The number of halogens is 2. The Bertz CT molecular complexity index is 1060. The molecule has 0 saturated carbocycles. The largest absolute Gasteiger partial charge is 0.490 e. The van der Waals surface area contributed by atoms with Gasteiger partial charge in [0.05, 0.1) is 15.6 Å². The summed E-state index contributed by atoms with van der Waals surface area (Å²) >= 11 is 14.1. The van der Waals surface area contributed by atoms with E-state index in [0.29, 0.717) is 34.5 Å². The molecule has 4 rings (SSSR count). The minimum atomic E-state index is 0.00825. The number of likely N-dealkylation sites (tertiary alicyclic amines) is 1. The van der Waals surface area contributed by atoms with Gasteiger partial charge in [-0.05, 0) is 42.8 Å². The molecule has 4 nitrogen and oxygen atoms in total. The number of aromatic nitrogens is 1. The molecular weight excluding hydrogens is 463 g/mol. The lowest BCUT2D eigenvalue weighted by Gasteiger charge is -2.32. The molecule has 0 radical (unpaired) electrons. The minimum Gasteiger partial charge on any atom is -0.490 e. The highest BCUT2D eigenvalue weighted by Gasteiger charge is 2.25. The fourth-order valence-electron chi connectivity index (χ4n) is 3.63. The second kappa shape index (κ2) is 10.6. The first-order valence-electron chi connectivity index (χ1n) is 10.5. The lowest BCUT2D eigenvalue weighted by Crippen LogP contribution is -2.41. The van der Waals surface area contributed by atoms with Crippen LogP contribution in [0, 0.1) is 6.92 Å². The predicted octanol–water partition coefficient (Wildman–Crippen LogP) is 6.67. The van der Waals surface area contributed by atoms with Crippen molar-refractivity contribution in [2.24, 2.45) is 0 Å². The summed E-state index contributed by atoms with van der Waals surface area (Å²) < 4.78 is 6.08. The first-order chi connectivity index (χ1) is 15.5. The second-order valence-corrected chi connectivity index (χ2v) is 9.64. The number of piperidine rings is 1. The van der Waals surface area contributed by atoms with Crippen LogP contribution in [0.5, 0.6) is 5.75 Å². The lowest BCUT2D eigenvalue weighted by molar-refractivity contribution is 0.0595. The molecule has 3 aromatic rings. The Morgan fingerprint density at radius 3 is 2.47 bits per heavy atom. The molecule has 32 heavy (non-hydrogen) atoms. The average molecular weight is 487 g/mol. The molecular formula is C25H24Cl2N2O2S. The summed E-state index contributed by atoms with van der Waals surface area (Å²) in [6.07, 6.45) is 5.16. The molecule has 0 N–H and O–H groups in total. The van der Waals surface area contributed by atoms with Crippen molar-refractivity contribution < 1.29 is 9.53 Å². The monoisotopic (exact) mass is 486 g/mol. The number of nitrogens with zero attached hydrogens (tertiary/aromatic N) is 2. The van der Waals surface area contributed by atoms with Crippen LogP contribution in [0.4, 0.5) is 0 Å². The number of aryl methyl sites for hydroxylation is 1. The molecule has 0 atom stereocenters. The normalized spacial score (nSPS) is 14.4. The maximum atomic E-state index is 13.0. The number of hydrogen-bond donors (Lipinski definition) is 0. The molecule has 1 fully saturated rings. The van der Waals surface area contributed by atoms with Crippen LogP contribution >= 0.6 is 35.0 Å². The van der Waals surface area contributed by atoms with Gasteiger partial charge < -0.3 is 9.64 Å². The number of benzene rings is 2. The standard InChI is InChI=1S/C25H24Cl2N2O2S/c1-17-5-7-20(8-6-17)31-21-9-11-29(12-10-21)25(30)19-13-18(14-28-15-19)16-32-24-22(26)3-2-4-23(24)27/h2-8,13-15,21H,9-12,16H2,1H3. The zero-order valence-electron chi connectivity index (χ0n) is 17.8. The zero-order valence-corrected chi connectivity index (χ0v) is 20.1. The molecule has 1 aliphatic heterocycles. The molecule has 2 aromatic carbocycles. The topological polar surface area (TPSA) is 42.4 Å². The first-order valence-corrected chi connectivity index (χ1v) is 12.3. The van der Waals surface area contributed by atoms with Gasteiger partial charge in [0, 0.05) is 49.0 Å². The van der Waals surface area contributed by atoms with Gasteiger partial charge in [0.1, 0.15) is 11.9 Å². The van der Waals surface area contributed by atoms with E-state index < -0.39 is 0 Å². The van der Waals surface area contributed by atoms with Crippen molar-refractivity contribution in [3.63, 3.8) is 0 Å². The van der Waals surface area contributed by atoms with E-state index in [-0.39, 0.29) is 12.0 Å². The molecule has 1 aliphatic rings. The average Bonchev–Trinajstić information content (AvgIpc) is 2.80. The summed E-state index contributed by atoms with van der Waals surface area (Å²) in [7, 11) is 0. The Balaban J connectivity index is 1.33. The van der Waals surface area contributed by atoms with Gasteiger partial charge in [0.25, 0.3) is 5.91 Å². The molecule has 0 aliphatic carbocycles. The molecule has 166 valence electrons. The zero-order chi connectivity index (χ0) is 22.5. The molecule has 0 unspecified atom stereocenters. The van der Waals surface area contributed by atoms with Gasteiger partial charge in [-0.2, -0.15) is 0 Å². The number of ether oxygens (including phenoxy) is 1. The van der Waals surface area contributed by atoms with E-state index in [9.17, 15) is 4.79 Å². The second-order valence-electron chi connectivity index (χ2n) is 7.84. The highest BCUT2D eigenvalue weighted by atomic mass is 35.5. The van der Waals surface area contributed by atoms with Crippen LogP contribution in [-0.4, -0.2) is 35.0 Å². The van der Waals surface area contributed by atoms with Crippen molar-refractivity contribution in [3.8, 4) is 5.75 Å². The number of thioether (sulfide) groups is 1. The number of pyridine rings is 1. The van der Waals surface area contributed by atoms with E-state index in [1.807, 2.05) is 53.4 Å². The molecule has 1 saturated heterocycles. The molecule has 2 heterocycles. The van der Waals surface area contributed by atoms with Gasteiger partial charge in [0.2, 0.25) is 0 Å². The van der Waals surface area contributed by atoms with Gasteiger partial charge in [-0.3, -0.25) is 9.78 Å². The van der Waals surface area contributed by atoms with E-state index in [0.717, 1.165) is 29.1 Å². The van der Waals surface area contributed by atoms with Gasteiger partial charge in [-0.25, -0.2) is 0 Å². The van der Waals surface area contributed by atoms with Crippen LogP contribution in [0.2, 0.25) is 10.0 Å². The highest BCUT2D eigenvalue weighted by Crippen LogP contribution is 2.35. The fourth-order valence-corrected chi connectivity index (χ4v) is 5.23. The van der Waals surface area contributed by atoms with Crippen molar-refractivity contribution in [3.05, 3.63) is 87.7 Å². The summed E-state index contributed by atoms with van der Waals surface area (Å²) in [4.78, 5) is 20.0. The third-order valence-corrected chi connectivity index (χ3v) is 7.46. The fraction of sp³-hybridized carbons (Fsp3) is 0.280. The Morgan fingerprint density at radius 2 is 1.78 bits per heavy atom. The molecule has 7 heteroatoms. The van der Waals surface area contributed by atoms with E-state index in [1.54, 1.807) is 12.4 Å². The Hall–Kier alpha value is -2.21. The number of hydrogen-bond acceptors (Lipinski definition) is 4. The summed E-state index contributed by atoms with van der Waals surface area (Å²) in [5.41, 5.74) is 2.77. The van der Waals surface area contributed by atoms with Crippen LogP contribution < -0.4 is 4.74 Å². The van der Waals surface area contributed by atoms with Crippen molar-refractivity contribution in [2.75, 3.05) is 13.1 Å². The molecule has 1 aromatic heterocycles. The van der Waals surface area contributed by atoms with E-state index in [1.165, 1.54) is 17.3 Å². The van der Waals surface area contributed by atoms with Gasteiger partial charge in [-0.1, -0.05) is 47.0 Å². The SMILES string of the molecule is Cc1ccc(OC2CCN(C(=O)c3cncc(CSc4c(Cl)cccc4Cl)c3)CC2)cc1. The van der Waals surface area contributed by atoms with Crippen molar-refractivity contribution in [1.29, 1.82) is 0 Å². The van der Waals surface area contributed by atoms with Crippen molar-refractivity contribution in [2.45, 2.75) is 36.5 Å². The number of carbonyl (C=O) groups is 1. The molecule has 1 amide bonds. The number of rotatable bonds is 6. The van der Waals surface area contributed by atoms with Gasteiger partial charge in [0.15, 0.2) is 0 Å². The Labute approximate surface area is 202 Å². The Kier molecular flexibility index (Phi) is 7.61. The van der Waals surface area contributed by atoms with Crippen LogP contribution in [0.15, 0.2) is 65.8 Å². The van der Waals surface area contributed by atoms with E-state index >= 15 is 0 Å². The third-order valence-electron chi connectivity index (χ3n) is 5.40. The first kappa shape index (κ1) is 23.0. The smallest absolute Gasteiger partial charge is 0.255 e. The van der Waals surface area contributed by atoms with Crippen molar-refractivity contribution in [1.82, 2.24) is 9.88 Å². The maximum Gasteiger partial charge on any atom is 0.255 e. The summed E-state index contributed by atoms with van der Waals surface area (Å²) in [5.74, 6) is 1.52. The lowest BCUT2D eigenvalue weighted by atomic mass is 10.1. The minimum absolute atomic E-state index is 0.00825. The van der Waals surface area contributed by atoms with Crippen LogP contribution in [-0.2, 0) is 5.75 Å². The summed E-state index contributed by atoms with van der Waals surface area (Å²) in [6.45, 7) is 3.40. The van der Waals surface area contributed by atoms with Crippen molar-refractivity contribution >= 4 is 40.9 Å². The number of amides is 1. The van der Waals surface area contributed by atoms with Crippen LogP contribution in [0.25, 0.3) is 0 Å². The summed E-state index contributed by atoms with van der Waals surface area (Å²) in [5, 5.41) is 1.25. The van der Waals surface area contributed by atoms with Crippen LogP contribution in [0.3, 0.4) is 0 Å². The summed E-state index contributed by atoms with van der Waals surface area (Å²) in [6, 6.07) is 15.5. The quantitative estimate of drug-likeness (QED) is 0.364. The molecule has 0 spiro atoms. The predicted molar refractivity (Wildman–Crippen MR) is 131 cm³/mol. The van der Waals surface area contributed by atoms with E-state index in [4.69, 9.17) is 27.9 Å². The van der Waals surface area contributed by atoms with Gasteiger partial charge >= 0.3 is 0 Å². The maximum absolute atomic E-state index is 13.0. The van der Waals surface area contributed by atoms with Crippen LogP contribution in [0.1, 0.15) is 34.3 Å².